The Kier molecular flexibility index (Phi) is 5.47. The van der Waals surface area contributed by atoms with Gasteiger partial charge < -0.3 is 5.11 Å². The van der Waals surface area contributed by atoms with Crippen LogP contribution in [0.3, 0.4) is 0 Å². The molecule has 0 bridgehead atoms. The second-order valence-corrected chi connectivity index (χ2v) is 6.02. The Hall–Kier alpha value is -1.02. The third-order valence-corrected chi connectivity index (χ3v) is 4.95. The third kappa shape index (κ3) is 3.17. The first-order valence-corrected chi connectivity index (χ1v) is 8.25. The van der Waals surface area contributed by atoms with Gasteiger partial charge in [-0.05, 0) is 48.9 Å². The number of hydrogen-bond donors (Lipinski definition) is 1. The summed E-state index contributed by atoms with van der Waals surface area (Å²) in [5.74, 6) is 1.28. The summed E-state index contributed by atoms with van der Waals surface area (Å²) in [6.07, 6.45) is 5.96. The molecule has 0 aromatic heterocycles. The molecule has 2 nitrogen and oxygen atoms in total. The van der Waals surface area contributed by atoms with Gasteiger partial charge in [0.05, 0.1) is 0 Å². The zero-order valence-electron chi connectivity index (χ0n) is 13.2. The van der Waals surface area contributed by atoms with E-state index in [0.717, 1.165) is 18.9 Å². The Morgan fingerprint density at radius 3 is 2.65 bits per heavy atom. The zero-order valence-corrected chi connectivity index (χ0v) is 13.2. The van der Waals surface area contributed by atoms with Crippen molar-refractivity contribution < 1.29 is 5.11 Å². The number of phenolic OH excluding ortho intramolecular Hbond substituents is 1. The molecule has 20 heavy (non-hydrogen) atoms. The fourth-order valence-electron chi connectivity index (χ4n) is 3.54. The molecule has 1 aromatic carbocycles. The van der Waals surface area contributed by atoms with Crippen molar-refractivity contribution in [2.75, 3.05) is 13.1 Å². The fraction of sp³-hybridized carbons (Fsp3) is 0.667. The van der Waals surface area contributed by atoms with Crippen LogP contribution in [-0.4, -0.2) is 23.1 Å². The maximum atomic E-state index is 10.1. The van der Waals surface area contributed by atoms with Crippen LogP contribution < -0.4 is 0 Å². The van der Waals surface area contributed by atoms with E-state index in [9.17, 15) is 5.11 Å². The molecular formula is C18H29NO. The van der Waals surface area contributed by atoms with E-state index in [1.165, 1.54) is 43.4 Å². The monoisotopic (exact) mass is 275 g/mol. The third-order valence-electron chi connectivity index (χ3n) is 4.95. The van der Waals surface area contributed by atoms with E-state index in [1.807, 2.05) is 12.1 Å². The van der Waals surface area contributed by atoms with Crippen LogP contribution in [-0.2, 0) is 6.42 Å². The Morgan fingerprint density at radius 1 is 1.25 bits per heavy atom. The van der Waals surface area contributed by atoms with Crippen LogP contribution in [0, 0.1) is 5.92 Å². The van der Waals surface area contributed by atoms with Crippen molar-refractivity contribution in [2.45, 2.75) is 58.9 Å². The quantitative estimate of drug-likeness (QED) is 0.824. The van der Waals surface area contributed by atoms with Crippen molar-refractivity contribution in [3.63, 3.8) is 0 Å². The fourth-order valence-corrected chi connectivity index (χ4v) is 3.54. The highest BCUT2D eigenvalue weighted by Gasteiger charge is 2.27. The molecule has 1 aliphatic rings. The van der Waals surface area contributed by atoms with Crippen molar-refractivity contribution in [1.29, 1.82) is 0 Å². The number of phenols is 1. The minimum Gasteiger partial charge on any atom is -0.508 e. The molecule has 0 radical (unpaired) electrons. The van der Waals surface area contributed by atoms with Crippen LogP contribution in [0.25, 0.3) is 0 Å². The molecule has 112 valence electrons. The maximum Gasteiger partial charge on any atom is 0.119 e. The first kappa shape index (κ1) is 15.4. The van der Waals surface area contributed by atoms with Gasteiger partial charge in [0.25, 0.3) is 0 Å². The molecular weight excluding hydrogens is 246 g/mol. The number of benzene rings is 1. The Labute approximate surface area is 123 Å². The first-order chi connectivity index (χ1) is 9.71. The molecule has 1 aliphatic carbocycles. The number of aromatic hydroxyl groups is 1. The minimum absolute atomic E-state index is 0.491. The van der Waals surface area contributed by atoms with Crippen LogP contribution in [0.5, 0.6) is 5.75 Å². The summed E-state index contributed by atoms with van der Waals surface area (Å²) in [5, 5.41) is 10.1. The molecule has 0 aliphatic heterocycles. The van der Waals surface area contributed by atoms with Crippen molar-refractivity contribution >= 4 is 0 Å². The second kappa shape index (κ2) is 7.12. The summed E-state index contributed by atoms with van der Waals surface area (Å²) in [7, 11) is 0. The normalized spacial score (nSPS) is 18.6. The molecule has 2 rings (SSSR count). The van der Waals surface area contributed by atoms with Gasteiger partial charge in [0, 0.05) is 12.6 Å². The lowest BCUT2D eigenvalue weighted by Gasteiger charge is -2.37. The molecule has 0 amide bonds. The van der Waals surface area contributed by atoms with Gasteiger partial charge in [-0.1, -0.05) is 45.7 Å². The Bertz CT molecular complexity index is 425. The minimum atomic E-state index is 0.491. The summed E-state index contributed by atoms with van der Waals surface area (Å²) in [5.41, 5.74) is 2.55. The average molecular weight is 275 g/mol. The van der Waals surface area contributed by atoms with Gasteiger partial charge in [0.15, 0.2) is 0 Å². The summed E-state index contributed by atoms with van der Waals surface area (Å²) >= 11 is 0. The Morgan fingerprint density at radius 2 is 2.00 bits per heavy atom. The van der Waals surface area contributed by atoms with Gasteiger partial charge >= 0.3 is 0 Å². The summed E-state index contributed by atoms with van der Waals surface area (Å²) in [4.78, 5) is 2.62. The van der Waals surface area contributed by atoms with Gasteiger partial charge in [-0.3, -0.25) is 4.90 Å². The summed E-state index contributed by atoms with van der Waals surface area (Å²) in [6.45, 7) is 9.13. The Balaban J connectivity index is 2.22. The smallest absolute Gasteiger partial charge is 0.119 e. The van der Waals surface area contributed by atoms with Crippen molar-refractivity contribution in [2.24, 2.45) is 5.92 Å². The molecule has 0 fully saturated rings. The highest BCUT2D eigenvalue weighted by Crippen LogP contribution is 2.38. The van der Waals surface area contributed by atoms with Gasteiger partial charge in [-0.25, -0.2) is 0 Å². The number of fused-ring (bicyclic) bond motifs is 1. The number of rotatable bonds is 6. The van der Waals surface area contributed by atoms with E-state index in [0.29, 0.717) is 11.8 Å². The average Bonchev–Trinajstić information content (AvgIpc) is 2.49. The zero-order chi connectivity index (χ0) is 14.5. The van der Waals surface area contributed by atoms with Gasteiger partial charge in [-0.15, -0.1) is 0 Å². The number of hydrogen-bond acceptors (Lipinski definition) is 2. The van der Waals surface area contributed by atoms with E-state index in [-0.39, 0.29) is 0 Å². The molecule has 0 heterocycles. The molecule has 0 saturated carbocycles. The van der Waals surface area contributed by atoms with E-state index in [2.05, 4.69) is 31.7 Å². The van der Waals surface area contributed by atoms with E-state index < -0.39 is 0 Å². The molecule has 1 atom stereocenters. The standard InChI is InChI=1S/C18H29NO/c1-4-14(5-2)13-19(6-3)17-11-7-10-16-15(17)9-8-12-18(16)20/h8-9,12,14,17,20H,4-7,10-11,13H2,1-3H3. The molecule has 0 spiro atoms. The van der Waals surface area contributed by atoms with E-state index in [1.54, 1.807) is 0 Å². The number of nitrogens with zero attached hydrogens (tertiary/aromatic N) is 1. The van der Waals surface area contributed by atoms with Crippen LogP contribution in [0.4, 0.5) is 0 Å². The molecule has 1 N–H and O–H groups in total. The van der Waals surface area contributed by atoms with Crippen molar-refractivity contribution in [1.82, 2.24) is 4.90 Å². The van der Waals surface area contributed by atoms with Crippen LogP contribution >= 0.6 is 0 Å². The lowest BCUT2D eigenvalue weighted by atomic mass is 9.85. The van der Waals surface area contributed by atoms with E-state index in [4.69, 9.17) is 0 Å². The largest absolute Gasteiger partial charge is 0.508 e. The molecule has 1 unspecified atom stereocenters. The highest BCUT2D eigenvalue weighted by molar-refractivity contribution is 5.42. The van der Waals surface area contributed by atoms with Gasteiger partial charge in [-0.2, -0.15) is 0 Å². The lowest BCUT2D eigenvalue weighted by molar-refractivity contribution is 0.155. The predicted molar refractivity (Wildman–Crippen MR) is 85.1 cm³/mol. The predicted octanol–water partition coefficient (Wildman–Crippen LogP) is 4.53. The van der Waals surface area contributed by atoms with Crippen LogP contribution in [0.2, 0.25) is 0 Å². The van der Waals surface area contributed by atoms with Crippen molar-refractivity contribution in [3.8, 4) is 5.75 Å². The summed E-state index contributed by atoms with van der Waals surface area (Å²) in [6, 6.07) is 6.54. The topological polar surface area (TPSA) is 23.5 Å². The maximum absolute atomic E-state index is 10.1. The lowest BCUT2D eigenvalue weighted by Crippen LogP contribution is -2.35. The second-order valence-electron chi connectivity index (χ2n) is 6.02. The van der Waals surface area contributed by atoms with Crippen LogP contribution in [0.15, 0.2) is 18.2 Å². The van der Waals surface area contributed by atoms with Gasteiger partial charge in [0.1, 0.15) is 5.75 Å². The van der Waals surface area contributed by atoms with E-state index >= 15 is 0 Å². The summed E-state index contributed by atoms with van der Waals surface area (Å²) < 4.78 is 0. The first-order valence-electron chi connectivity index (χ1n) is 8.25. The SMILES string of the molecule is CCC(CC)CN(CC)C1CCCc2c(O)cccc21. The highest BCUT2D eigenvalue weighted by atomic mass is 16.3. The van der Waals surface area contributed by atoms with Crippen LogP contribution in [0.1, 0.15) is 63.6 Å². The van der Waals surface area contributed by atoms with Crippen molar-refractivity contribution in [3.05, 3.63) is 29.3 Å². The molecule has 1 aromatic rings. The molecule has 2 heteroatoms. The van der Waals surface area contributed by atoms with Gasteiger partial charge in [0.2, 0.25) is 0 Å². The molecule has 0 saturated heterocycles.